The average molecular weight is 275 g/mol. The number of aromatic nitrogens is 1. The van der Waals surface area contributed by atoms with Gasteiger partial charge in [-0.1, -0.05) is 20.8 Å². The summed E-state index contributed by atoms with van der Waals surface area (Å²) in [5.41, 5.74) is 1.72. The van der Waals surface area contributed by atoms with E-state index in [-0.39, 0.29) is 5.91 Å². The van der Waals surface area contributed by atoms with E-state index in [0.29, 0.717) is 5.92 Å². The average Bonchev–Trinajstić information content (AvgIpc) is 2.46. The van der Waals surface area contributed by atoms with Crippen molar-refractivity contribution in [2.75, 3.05) is 25.5 Å². The van der Waals surface area contributed by atoms with Crippen molar-refractivity contribution in [2.45, 2.75) is 39.5 Å². The molecule has 4 nitrogen and oxygen atoms in total. The first-order valence-corrected chi connectivity index (χ1v) is 7.50. The zero-order valence-corrected chi connectivity index (χ0v) is 12.9. The van der Waals surface area contributed by atoms with E-state index in [4.69, 9.17) is 0 Å². The molecular formula is C16H25N3O. The highest BCUT2D eigenvalue weighted by Gasteiger charge is 2.22. The van der Waals surface area contributed by atoms with E-state index in [0.717, 1.165) is 48.9 Å². The van der Waals surface area contributed by atoms with E-state index in [9.17, 15) is 4.79 Å². The van der Waals surface area contributed by atoms with Crippen LogP contribution < -0.4 is 5.32 Å². The highest BCUT2D eigenvalue weighted by molar-refractivity contribution is 5.95. The molecule has 0 bridgehead atoms. The van der Waals surface area contributed by atoms with Gasteiger partial charge in [-0.3, -0.25) is 4.79 Å². The summed E-state index contributed by atoms with van der Waals surface area (Å²) in [6.07, 6.45) is 2.21. The van der Waals surface area contributed by atoms with Crippen molar-refractivity contribution in [1.29, 1.82) is 0 Å². The highest BCUT2D eigenvalue weighted by atomic mass is 16.2. The van der Waals surface area contributed by atoms with Crippen LogP contribution in [0.4, 0.5) is 5.82 Å². The molecule has 1 amide bonds. The third-order valence-electron chi connectivity index (χ3n) is 4.01. The van der Waals surface area contributed by atoms with Crippen LogP contribution in [0.15, 0.2) is 12.1 Å². The standard InChI is InChI=1S/C16H25N3O/c1-11(2)14-9-13(10-15(17-4)18-14)16(20)19-7-5-12(3)6-8-19/h9-12H,5-8H2,1-4H3,(H,17,18). The maximum Gasteiger partial charge on any atom is 0.254 e. The molecule has 1 aliphatic rings. The number of anilines is 1. The SMILES string of the molecule is CNc1cc(C(=O)N2CCC(C)CC2)cc(C(C)C)n1. The lowest BCUT2D eigenvalue weighted by molar-refractivity contribution is 0.0697. The lowest BCUT2D eigenvalue weighted by Gasteiger charge is -2.30. The first-order valence-electron chi connectivity index (χ1n) is 7.50. The van der Waals surface area contributed by atoms with Gasteiger partial charge in [-0.15, -0.1) is 0 Å². The van der Waals surface area contributed by atoms with Crippen molar-refractivity contribution in [1.82, 2.24) is 9.88 Å². The minimum absolute atomic E-state index is 0.137. The number of likely N-dealkylation sites (tertiary alicyclic amines) is 1. The zero-order chi connectivity index (χ0) is 14.7. The Morgan fingerprint density at radius 1 is 1.35 bits per heavy atom. The zero-order valence-electron chi connectivity index (χ0n) is 12.9. The van der Waals surface area contributed by atoms with Gasteiger partial charge < -0.3 is 10.2 Å². The number of piperidine rings is 1. The van der Waals surface area contributed by atoms with Crippen LogP contribution in [-0.2, 0) is 0 Å². The van der Waals surface area contributed by atoms with Gasteiger partial charge in [0.2, 0.25) is 0 Å². The Bertz CT molecular complexity index is 477. The molecule has 2 heterocycles. The molecule has 0 aliphatic carbocycles. The molecule has 0 saturated carbocycles. The molecule has 0 aromatic carbocycles. The summed E-state index contributed by atoms with van der Waals surface area (Å²) in [6.45, 7) is 8.18. The van der Waals surface area contributed by atoms with E-state index < -0.39 is 0 Å². The Kier molecular flexibility index (Phi) is 4.63. The lowest BCUT2D eigenvalue weighted by atomic mass is 9.98. The number of nitrogens with one attached hydrogen (secondary N) is 1. The van der Waals surface area contributed by atoms with Gasteiger partial charge >= 0.3 is 0 Å². The molecular weight excluding hydrogens is 250 g/mol. The molecule has 1 saturated heterocycles. The Morgan fingerprint density at radius 3 is 2.55 bits per heavy atom. The van der Waals surface area contributed by atoms with Crippen LogP contribution in [0.2, 0.25) is 0 Å². The van der Waals surface area contributed by atoms with Gasteiger partial charge in [0, 0.05) is 31.4 Å². The van der Waals surface area contributed by atoms with E-state index in [2.05, 4.69) is 31.1 Å². The summed E-state index contributed by atoms with van der Waals surface area (Å²) in [6, 6.07) is 3.79. The maximum atomic E-state index is 12.6. The second-order valence-corrected chi connectivity index (χ2v) is 6.05. The molecule has 110 valence electrons. The summed E-state index contributed by atoms with van der Waals surface area (Å²) < 4.78 is 0. The van der Waals surface area contributed by atoms with Gasteiger partial charge in [0.05, 0.1) is 0 Å². The summed E-state index contributed by atoms with van der Waals surface area (Å²) in [5, 5.41) is 3.05. The molecule has 1 aliphatic heterocycles. The van der Waals surface area contributed by atoms with Crippen molar-refractivity contribution in [3.05, 3.63) is 23.4 Å². The molecule has 0 atom stereocenters. The second-order valence-electron chi connectivity index (χ2n) is 6.05. The van der Waals surface area contributed by atoms with Crippen LogP contribution in [0.25, 0.3) is 0 Å². The van der Waals surface area contributed by atoms with Crippen molar-refractivity contribution < 1.29 is 4.79 Å². The van der Waals surface area contributed by atoms with E-state index in [1.54, 1.807) is 0 Å². The third kappa shape index (κ3) is 3.30. The Balaban J connectivity index is 2.22. The molecule has 20 heavy (non-hydrogen) atoms. The highest BCUT2D eigenvalue weighted by Crippen LogP contribution is 2.21. The number of carbonyl (C=O) groups excluding carboxylic acids is 1. The van der Waals surface area contributed by atoms with Crippen molar-refractivity contribution in [3.8, 4) is 0 Å². The third-order valence-corrected chi connectivity index (χ3v) is 4.01. The van der Waals surface area contributed by atoms with Gasteiger partial charge in [0.25, 0.3) is 5.91 Å². The van der Waals surface area contributed by atoms with Gasteiger partial charge in [-0.2, -0.15) is 0 Å². The fourth-order valence-electron chi connectivity index (χ4n) is 2.49. The van der Waals surface area contributed by atoms with Gasteiger partial charge in [0.1, 0.15) is 5.82 Å². The minimum atomic E-state index is 0.137. The van der Waals surface area contributed by atoms with Crippen molar-refractivity contribution in [3.63, 3.8) is 0 Å². The first-order chi connectivity index (χ1) is 9.51. The number of carbonyl (C=O) groups is 1. The smallest absolute Gasteiger partial charge is 0.254 e. The van der Waals surface area contributed by atoms with Crippen LogP contribution in [0.3, 0.4) is 0 Å². The minimum Gasteiger partial charge on any atom is -0.373 e. The molecule has 2 rings (SSSR count). The van der Waals surface area contributed by atoms with Crippen LogP contribution in [-0.4, -0.2) is 35.9 Å². The normalized spacial score (nSPS) is 16.6. The van der Waals surface area contributed by atoms with Gasteiger partial charge in [0.15, 0.2) is 0 Å². The first kappa shape index (κ1) is 14.8. The van der Waals surface area contributed by atoms with Gasteiger partial charge in [-0.25, -0.2) is 4.98 Å². The largest absolute Gasteiger partial charge is 0.373 e. The lowest BCUT2D eigenvalue weighted by Crippen LogP contribution is -2.38. The second kappa shape index (κ2) is 6.25. The Hall–Kier alpha value is -1.58. The predicted molar refractivity (Wildman–Crippen MR) is 82.2 cm³/mol. The van der Waals surface area contributed by atoms with E-state index in [1.807, 2.05) is 24.1 Å². The Labute approximate surface area is 121 Å². The summed E-state index contributed by atoms with van der Waals surface area (Å²) in [4.78, 5) is 19.1. The summed E-state index contributed by atoms with van der Waals surface area (Å²) >= 11 is 0. The molecule has 1 fully saturated rings. The van der Waals surface area contributed by atoms with Crippen LogP contribution in [0, 0.1) is 5.92 Å². The number of amides is 1. The molecule has 1 N–H and O–H groups in total. The number of nitrogens with zero attached hydrogens (tertiary/aromatic N) is 2. The monoisotopic (exact) mass is 275 g/mol. The molecule has 0 spiro atoms. The van der Waals surface area contributed by atoms with Gasteiger partial charge in [-0.05, 0) is 36.8 Å². The number of rotatable bonds is 3. The number of hydrogen-bond acceptors (Lipinski definition) is 3. The fourth-order valence-corrected chi connectivity index (χ4v) is 2.49. The van der Waals surface area contributed by atoms with E-state index >= 15 is 0 Å². The molecule has 0 radical (unpaired) electrons. The predicted octanol–water partition coefficient (Wildman–Crippen LogP) is 3.12. The molecule has 0 unspecified atom stereocenters. The topological polar surface area (TPSA) is 45.2 Å². The van der Waals surface area contributed by atoms with Crippen LogP contribution in [0.1, 0.15) is 55.6 Å². The van der Waals surface area contributed by atoms with Crippen molar-refractivity contribution >= 4 is 11.7 Å². The fraction of sp³-hybridized carbons (Fsp3) is 0.625. The van der Waals surface area contributed by atoms with Crippen LogP contribution >= 0.6 is 0 Å². The quantitative estimate of drug-likeness (QED) is 0.922. The molecule has 4 heteroatoms. The molecule has 1 aromatic rings. The summed E-state index contributed by atoms with van der Waals surface area (Å²) in [5.74, 6) is 1.95. The number of hydrogen-bond donors (Lipinski definition) is 1. The van der Waals surface area contributed by atoms with Crippen LogP contribution in [0.5, 0.6) is 0 Å². The summed E-state index contributed by atoms with van der Waals surface area (Å²) in [7, 11) is 1.84. The van der Waals surface area contributed by atoms with Crippen molar-refractivity contribution in [2.24, 2.45) is 5.92 Å². The van der Waals surface area contributed by atoms with E-state index in [1.165, 1.54) is 0 Å². The molecule has 1 aromatic heterocycles. The maximum absolute atomic E-state index is 12.6. The Morgan fingerprint density at radius 2 is 2.00 bits per heavy atom. The number of pyridine rings is 1.